The molecule has 72 heavy (non-hydrogen) atoms. The maximum absolute atomic E-state index is 13.3. The number of hydrogen-bond acceptors (Lipinski definition) is 11. The minimum Gasteiger partial charge on any atom is -0.462 e. The quantitative estimate of drug-likeness (QED) is 0.0363. The summed E-state index contributed by atoms with van der Waals surface area (Å²) in [6.07, 6.45) is 31.8. The molecule has 2 N–H and O–H groups in total. The fourth-order valence-electron chi connectivity index (χ4n) is 8.13. The van der Waals surface area contributed by atoms with Crippen LogP contribution in [0.4, 0.5) is 5.69 Å². The van der Waals surface area contributed by atoms with Crippen molar-refractivity contribution >= 4 is 53.1 Å². The first-order valence-electron chi connectivity index (χ1n) is 28.4. The number of ether oxygens (including phenoxy) is 4. The van der Waals surface area contributed by atoms with Gasteiger partial charge in [-0.15, -0.1) is 0 Å². The molecule has 0 aliphatic rings. The zero-order chi connectivity index (χ0) is 53.5. The van der Waals surface area contributed by atoms with Crippen molar-refractivity contribution < 1.29 is 47.7 Å². The average Bonchev–Trinajstić information content (AvgIpc) is 3.31. The number of carbonyl (C=O) groups is 6. The Hall–Kier alpha value is -3.61. The number of esters is 4. The first kappa shape index (κ1) is 66.4. The Bertz CT molecular complexity index is 1620. The average molecular weight is 1030 g/mol. The number of unbranched alkanes of at least 4 members (excludes halogenated alkanes) is 24. The normalized spacial score (nSPS) is 12.9. The molecule has 0 aliphatic carbocycles. The molecule has 3 unspecified atom stereocenters. The molecule has 1 rings (SSSR count). The Morgan fingerprint density at radius 1 is 0.528 bits per heavy atom. The molecule has 0 heterocycles. The van der Waals surface area contributed by atoms with Gasteiger partial charge in [-0.05, 0) is 85.1 Å². The van der Waals surface area contributed by atoms with Crippen molar-refractivity contribution in [2.24, 2.45) is 5.92 Å². The molecule has 0 spiro atoms. The third kappa shape index (κ3) is 38.0. The van der Waals surface area contributed by atoms with Gasteiger partial charge in [0.1, 0.15) is 30.0 Å². The van der Waals surface area contributed by atoms with Crippen LogP contribution in [0.3, 0.4) is 0 Å². The van der Waals surface area contributed by atoms with Crippen LogP contribution in [-0.4, -0.2) is 77.2 Å². The van der Waals surface area contributed by atoms with E-state index >= 15 is 0 Å². The van der Waals surface area contributed by atoms with Crippen LogP contribution in [0.5, 0.6) is 0 Å². The van der Waals surface area contributed by atoms with Crippen molar-refractivity contribution in [1.29, 1.82) is 0 Å². The highest BCUT2D eigenvalue weighted by Gasteiger charge is 2.29. The Labute approximate surface area is 441 Å². The number of benzene rings is 1. The summed E-state index contributed by atoms with van der Waals surface area (Å²) in [6.45, 7) is 16.7. The van der Waals surface area contributed by atoms with Gasteiger partial charge in [-0.25, -0.2) is 4.79 Å². The second kappa shape index (κ2) is 40.7. The van der Waals surface area contributed by atoms with Gasteiger partial charge in [-0.2, -0.15) is 11.8 Å². The molecule has 1 aromatic carbocycles. The van der Waals surface area contributed by atoms with Gasteiger partial charge >= 0.3 is 23.9 Å². The van der Waals surface area contributed by atoms with Crippen LogP contribution in [0, 0.1) is 5.92 Å². The zero-order valence-corrected chi connectivity index (χ0v) is 47.7. The van der Waals surface area contributed by atoms with Crippen molar-refractivity contribution in [1.82, 2.24) is 5.32 Å². The molecule has 3 atom stereocenters. The molecule has 0 saturated heterocycles. The number of rotatable bonds is 43. The van der Waals surface area contributed by atoms with E-state index in [1.807, 2.05) is 6.92 Å². The van der Waals surface area contributed by atoms with Crippen molar-refractivity contribution in [3.05, 3.63) is 29.8 Å². The molecule has 0 radical (unpaired) electrons. The van der Waals surface area contributed by atoms with Crippen molar-refractivity contribution in [3.8, 4) is 0 Å². The molecule has 0 saturated carbocycles. The largest absolute Gasteiger partial charge is 0.462 e. The van der Waals surface area contributed by atoms with Crippen LogP contribution in [0.25, 0.3) is 0 Å². The topological polar surface area (TPSA) is 163 Å². The number of carbonyl (C=O) groups excluding carboxylic acids is 6. The lowest BCUT2D eigenvalue weighted by molar-refractivity contribution is -0.158. The summed E-state index contributed by atoms with van der Waals surface area (Å²) in [5, 5.41) is 5.60. The van der Waals surface area contributed by atoms with Crippen molar-refractivity contribution in [2.45, 2.75) is 278 Å². The minimum absolute atomic E-state index is 0.00696. The van der Waals surface area contributed by atoms with Crippen LogP contribution in [0.15, 0.2) is 24.3 Å². The number of thioether (sulfide) groups is 1. The van der Waals surface area contributed by atoms with E-state index in [1.54, 1.807) is 65.8 Å². The van der Waals surface area contributed by atoms with Gasteiger partial charge in [-0.1, -0.05) is 175 Å². The second-order valence-corrected chi connectivity index (χ2v) is 23.0. The SMILES string of the molecule is CCCCCCCCCCCCCCCC(=O)OCC(CSCC(C)C(=O)Nc1ccc(C(=O)NC(CCC(=O)OC(C)(C)C)C(=O)OC(C)(C)C)cc1)OC(=O)CCCCCCCCCCCCCCC. The third-order valence-corrected chi connectivity index (χ3v) is 13.6. The van der Waals surface area contributed by atoms with Gasteiger partial charge in [0.05, 0.1) is 0 Å². The molecule has 0 aromatic heterocycles. The standard InChI is InChI=1S/C59H102N2O10S/c1-10-12-14-16-18-20-22-24-26-28-30-32-34-36-52(62)68-44-50(69-53(63)37-35-33-31-29-27-25-23-21-19-17-15-13-11-2)46-72-45-47(3)55(65)60-49-40-38-48(39-41-49)56(66)61-51(57(67)71-59(7,8)9)42-43-54(64)70-58(4,5)6/h38-41,47,50-51H,10-37,42-46H2,1-9H3,(H,60,65)(H,61,66). The fourth-order valence-corrected chi connectivity index (χ4v) is 9.20. The fraction of sp³-hybridized carbons (Fsp3) is 0.797. The predicted molar refractivity (Wildman–Crippen MR) is 295 cm³/mol. The number of hydrogen-bond donors (Lipinski definition) is 2. The van der Waals surface area contributed by atoms with Gasteiger partial charge < -0.3 is 29.6 Å². The lowest BCUT2D eigenvalue weighted by Crippen LogP contribution is -2.44. The highest BCUT2D eigenvalue weighted by molar-refractivity contribution is 7.99. The van der Waals surface area contributed by atoms with E-state index < -0.39 is 47.1 Å². The summed E-state index contributed by atoms with van der Waals surface area (Å²) in [7, 11) is 0. The molecule has 1 aromatic rings. The monoisotopic (exact) mass is 1030 g/mol. The first-order valence-corrected chi connectivity index (χ1v) is 29.6. The van der Waals surface area contributed by atoms with E-state index in [-0.39, 0.29) is 42.9 Å². The molecule has 0 fully saturated rings. The van der Waals surface area contributed by atoms with E-state index in [0.29, 0.717) is 30.0 Å². The minimum atomic E-state index is -1.09. The van der Waals surface area contributed by atoms with Gasteiger partial charge in [0.25, 0.3) is 5.91 Å². The molecule has 0 bridgehead atoms. The molecular formula is C59H102N2O10S. The summed E-state index contributed by atoms with van der Waals surface area (Å²) in [5.74, 6) is -2.11. The Kier molecular flexibility index (Phi) is 37.6. The van der Waals surface area contributed by atoms with E-state index in [2.05, 4.69) is 24.5 Å². The van der Waals surface area contributed by atoms with E-state index in [0.717, 1.165) is 38.5 Å². The summed E-state index contributed by atoms with van der Waals surface area (Å²) in [4.78, 5) is 77.8. The third-order valence-electron chi connectivity index (χ3n) is 12.3. The summed E-state index contributed by atoms with van der Waals surface area (Å²) in [5.41, 5.74) is -0.760. The molecule has 414 valence electrons. The Balaban J connectivity index is 2.68. The van der Waals surface area contributed by atoms with E-state index in [1.165, 1.54) is 140 Å². The summed E-state index contributed by atoms with van der Waals surface area (Å²) >= 11 is 1.46. The van der Waals surface area contributed by atoms with E-state index in [4.69, 9.17) is 18.9 Å². The van der Waals surface area contributed by atoms with Gasteiger partial charge in [0, 0.05) is 47.9 Å². The van der Waals surface area contributed by atoms with Crippen LogP contribution in [0.1, 0.15) is 265 Å². The van der Waals surface area contributed by atoms with Crippen LogP contribution in [-0.2, 0) is 42.9 Å². The number of anilines is 1. The highest BCUT2D eigenvalue weighted by atomic mass is 32.2. The van der Waals surface area contributed by atoms with Gasteiger partial charge in [0.2, 0.25) is 5.91 Å². The molecule has 13 heteroatoms. The lowest BCUT2D eigenvalue weighted by atomic mass is 10.0. The second-order valence-electron chi connectivity index (χ2n) is 22.0. The first-order chi connectivity index (χ1) is 34.3. The van der Waals surface area contributed by atoms with Gasteiger partial charge in [-0.3, -0.25) is 24.0 Å². The lowest BCUT2D eigenvalue weighted by Gasteiger charge is -2.25. The Morgan fingerprint density at radius 3 is 1.40 bits per heavy atom. The van der Waals surface area contributed by atoms with E-state index in [9.17, 15) is 28.8 Å². The number of nitrogens with one attached hydrogen (secondary N) is 2. The van der Waals surface area contributed by atoms with Crippen LogP contribution in [0.2, 0.25) is 0 Å². The van der Waals surface area contributed by atoms with Crippen molar-refractivity contribution in [2.75, 3.05) is 23.4 Å². The van der Waals surface area contributed by atoms with Crippen molar-refractivity contribution in [3.63, 3.8) is 0 Å². The molecule has 12 nitrogen and oxygen atoms in total. The van der Waals surface area contributed by atoms with Crippen LogP contribution < -0.4 is 10.6 Å². The molecule has 0 aliphatic heterocycles. The van der Waals surface area contributed by atoms with Crippen LogP contribution >= 0.6 is 11.8 Å². The summed E-state index contributed by atoms with van der Waals surface area (Å²) < 4.78 is 22.4. The van der Waals surface area contributed by atoms with Gasteiger partial charge in [0.15, 0.2) is 0 Å². The Morgan fingerprint density at radius 2 is 0.958 bits per heavy atom. The summed E-state index contributed by atoms with van der Waals surface area (Å²) in [6, 6.07) is 5.21. The number of amides is 2. The zero-order valence-electron chi connectivity index (χ0n) is 46.9. The maximum atomic E-state index is 13.3. The maximum Gasteiger partial charge on any atom is 0.329 e. The highest BCUT2D eigenvalue weighted by Crippen LogP contribution is 2.20. The molecule has 2 amide bonds. The molecular weight excluding hydrogens is 929 g/mol. The smallest absolute Gasteiger partial charge is 0.329 e. The predicted octanol–water partition coefficient (Wildman–Crippen LogP) is 15.0.